The largest absolute Gasteiger partial charge is 0.443 e. The van der Waals surface area contributed by atoms with Crippen LogP contribution in [-0.2, 0) is 4.74 Å². The summed E-state index contributed by atoms with van der Waals surface area (Å²) < 4.78 is 18.5. The van der Waals surface area contributed by atoms with Crippen molar-refractivity contribution >= 4 is 17.4 Å². The van der Waals surface area contributed by atoms with Gasteiger partial charge in [0, 0.05) is 5.56 Å². The van der Waals surface area contributed by atoms with Crippen molar-refractivity contribution in [3.05, 3.63) is 36.2 Å². The highest BCUT2D eigenvalue weighted by Crippen LogP contribution is 2.35. The fourth-order valence-electron chi connectivity index (χ4n) is 1.87. The second kappa shape index (κ2) is 4.12. The van der Waals surface area contributed by atoms with Gasteiger partial charge >= 0.3 is 6.09 Å². The number of carbonyl (C=O) groups excluding carboxylic acids is 1. The van der Waals surface area contributed by atoms with Gasteiger partial charge in [0.1, 0.15) is 11.4 Å². The topological polar surface area (TPSA) is 29.5 Å². The quantitative estimate of drug-likeness (QED) is 0.703. The number of rotatable bonds is 0. The Kier molecular flexibility index (Phi) is 2.89. The third-order valence-corrected chi connectivity index (χ3v) is 2.59. The summed E-state index contributed by atoms with van der Waals surface area (Å²) in [6, 6.07) is 4.33. The van der Waals surface area contributed by atoms with Crippen LogP contribution < -0.4 is 4.90 Å². The number of nitrogens with zero attached hydrogens (tertiary/aromatic N) is 1. The summed E-state index contributed by atoms with van der Waals surface area (Å²) in [5.74, 6) is -0.378. The third kappa shape index (κ3) is 2.37. The first kappa shape index (κ1) is 12.6. The normalized spacial score (nSPS) is 14.7. The molecule has 18 heavy (non-hydrogen) atoms. The van der Waals surface area contributed by atoms with E-state index < -0.39 is 11.7 Å². The Morgan fingerprint density at radius 3 is 2.72 bits per heavy atom. The lowest BCUT2D eigenvalue weighted by atomic mass is 10.1. The van der Waals surface area contributed by atoms with Crippen molar-refractivity contribution in [1.29, 1.82) is 0 Å². The minimum Gasteiger partial charge on any atom is -0.443 e. The van der Waals surface area contributed by atoms with Gasteiger partial charge in [0.25, 0.3) is 0 Å². The van der Waals surface area contributed by atoms with Crippen LogP contribution in [0.1, 0.15) is 26.3 Å². The number of fused-ring (bicyclic) bond motifs is 1. The Morgan fingerprint density at radius 2 is 2.11 bits per heavy atom. The summed E-state index contributed by atoms with van der Waals surface area (Å²) in [5, 5.41) is 0. The van der Waals surface area contributed by atoms with E-state index in [1.165, 1.54) is 17.0 Å². The zero-order valence-corrected chi connectivity index (χ0v) is 10.8. The lowest BCUT2D eigenvalue weighted by molar-refractivity contribution is 0.0586. The van der Waals surface area contributed by atoms with E-state index in [1.807, 2.05) is 0 Å². The van der Waals surface area contributed by atoms with E-state index in [1.54, 1.807) is 26.8 Å². The molecule has 0 radical (unpaired) electrons. The molecule has 1 amide bonds. The maximum Gasteiger partial charge on any atom is 0.415 e. The van der Waals surface area contributed by atoms with Crippen molar-refractivity contribution in [1.82, 2.24) is 0 Å². The smallest absolute Gasteiger partial charge is 0.415 e. The molecule has 1 aromatic rings. The number of carbonyl (C=O) groups is 1. The summed E-state index contributed by atoms with van der Waals surface area (Å²) in [6.07, 6.45) is -0.479. The minimum atomic E-state index is -0.575. The summed E-state index contributed by atoms with van der Waals surface area (Å²) in [4.78, 5) is 13.4. The average molecular weight is 249 g/mol. The highest BCUT2D eigenvalue weighted by Gasteiger charge is 2.31. The van der Waals surface area contributed by atoms with Crippen LogP contribution in [0.25, 0.3) is 5.57 Å². The highest BCUT2D eigenvalue weighted by molar-refractivity contribution is 5.99. The zero-order valence-electron chi connectivity index (χ0n) is 10.8. The molecule has 1 aliphatic rings. The molecule has 0 spiro atoms. The van der Waals surface area contributed by atoms with Crippen molar-refractivity contribution in [3.63, 3.8) is 0 Å². The number of hydrogen-bond acceptors (Lipinski definition) is 2. The summed E-state index contributed by atoms with van der Waals surface area (Å²) in [6.45, 7) is 9.61. The first-order valence-corrected chi connectivity index (χ1v) is 5.76. The SMILES string of the molecule is C=C1CN(C(=O)OC(C)(C)C)c2cc(F)ccc21. The molecule has 0 saturated carbocycles. The Morgan fingerprint density at radius 1 is 1.44 bits per heavy atom. The number of benzene rings is 1. The lowest BCUT2D eigenvalue weighted by Crippen LogP contribution is -2.35. The number of anilines is 1. The van der Waals surface area contributed by atoms with Crippen LogP contribution in [-0.4, -0.2) is 18.2 Å². The Labute approximate surface area is 106 Å². The van der Waals surface area contributed by atoms with Gasteiger partial charge in [-0.1, -0.05) is 6.58 Å². The van der Waals surface area contributed by atoms with E-state index in [0.717, 1.165) is 11.1 Å². The predicted octanol–water partition coefficient (Wildman–Crippen LogP) is 3.59. The van der Waals surface area contributed by atoms with Crippen LogP contribution in [0.4, 0.5) is 14.9 Å². The average Bonchev–Trinajstić information content (AvgIpc) is 2.53. The monoisotopic (exact) mass is 249 g/mol. The van der Waals surface area contributed by atoms with Gasteiger partial charge in [0.2, 0.25) is 0 Å². The van der Waals surface area contributed by atoms with Crippen molar-refractivity contribution in [2.45, 2.75) is 26.4 Å². The Balaban J connectivity index is 2.31. The fourth-order valence-corrected chi connectivity index (χ4v) is 1.87. The molecule has 0 saturated heterocycles. The van der Waals surface area contributed by atoms with E-state index in [9.17, 15) is 9.18 Å². The molecule has 1 aliphatic heterocycles. The van der Waals surface area contributed by atoms with Crippen molar-refractivity contribution < 1.29 is 13.9 Å². The summed E-state index contributed by atoms with van der Waals surface area (Å²) >= 11 is 0. The molecular weight excluding hydrogens is 233 g/mol. The molecule has 4 heteroatoms. The van der Waals surface area contributed by atoms with Crippen LogP contribution >= 0.6 is 0 Å². The summed E-state index contributed by atoms with van der Waals surface area (Å²) in [7, 11) is 0. The van der Waals surface area contributed by atoms with E-state index in [-0.39, 0.29) is 5.82 Å². The molecular formula is C14H16FNO2. The van der Waals surface area contributed by atoms with E-state index in [4.69, 9.17) is 4.74 Å². The molecule has 0 fully saturated rings. The third-order valence-electron chi connectivity index (χ3n) is 2.59. The van der Waals surface area contributed by atoms with Gasteiger partial charge in [-0.25, -0.2) is 9.18 Å². The van der Waals surface area contributed by atoms with Gasteiger partial charge in [-0.05, 0) is 44.5 Å². The van der Waals surface area contributed by atoms with Crippen molar-refractivity contribution in [2.75, 3.05) is 11.4 Å². The van der Waals surface area contributed by atoms with Gasteiger partial charge in [0.15, 0.2) is 0 Å². The molecule has 3 nitrogen and oxygen atoms in total. The number of ether oxygens (including phenoxy) is 1. The molecule has 2 rings (SSSR count). The Hall–Kier alpha value is -1.84. The molecule has 96 valence electrons. The second-order valence-electron chi connectivity index (χ2n) is 5.33. The Bertz CT molecular complexity index is 517. The molecule has 0 atom stereocenters. The zero-order chi connectivity index (χ0) is 13.5. The van der Waals surface area contributed by atoms with Crippen molar-refractivity contribution in [3.8, 4) is 0 Å². The first-order valence-electron chi connectivity index (χ1n) is 5.76. The first-order chi connectivity index (χ1) is 8.28. The maximum absolute atomic E-state index is 13.3. The standard InChI is InChI=1S/C14H16FNO2/c1-9-8-16(13(17)18-14(2,3)4)12-7-10(15)5-6-11(9)12/h5-7H,1,8H2,2-4H3. The lowest BCUT2D eigenvalue weighted by Gasteiger charge is -2.24. The van der Waals surface area contributed by atoms with Gasteiger partial charge in [-0.2, -0.15) is 0 Å². The van der Waals surface area contributed by atoms with Gasteiger partial charge in [-0.15, -0.1) is 0 Å². The van der Waals surface area contributed by atoms with Crippen LogP contribution in [0.2, 0.25) is 0 Å². The van der Waals surface area contributed by atoms with E-state index in [2.05, 4.69) is 6.58 Å². The van der Waals surface area contributed by atoms with Crippen molar-refractivity contribution in [2.24, 2.45) is 0 Å². The van der Waals surface area contributed by atoms with Crippen LogP contribution in [0.5, 0.6) is 0 Å². The molecule has 1 heterocycles. The molecule has 1 aromatic carbocycles. The second-order valence-corrected chi connectivity index (χ2v) is 5.33. The number of amides is 1. The van der Waals surface area contributed by atoms with Gasteiger partial charge in [0.05, 0.1) is 12.2 Å². The van der Waals surface area contributed by atoms with E-state index >= 15 is 0 Å². The predicted molar refractivity (Wildman–Crippen MR) is 69.0 cm³/mol. The van der Waals surface area contributed by atoms with Crippen LogP contribution in [0.15, 0.2) is 24.8 Å². The molecule has 0 aliphatic carbocycles. The van der Waals surface area contributed by atoms with Crippen LogP contribution in [0, 0.1) is 5.82 Å². The molecule has 0 bridgehead atoms. The highest BCUT2D eigenvalue weighted by atomic mass is 19.1. The molecule has 0 N–H and O–H groups in total. The number of hydrogen-bond donors (Lipinski definition) is 0. The summed E-state index contributed by atoms with van der Waals surface area (Å²) in [5.41, 5.74) is 1.53. The minimum absolute atomic E-state index is 0.341. The van der Waals surface area contributed by atoms with E-state index in [0.29, 0.717) is 12.2 Å². The van der Waals surface area contributed by atoms with Gasteiger partial charge < -0.3 is 4.74 Å². The number of halogens is 1. The van der Waals surface area contributed by atoms with Crippen LogP contribution in [0.3, 0.4) is 0 Å². The molecule has 0 unspecified atom stereocenters. The van der Waals surface area contributed by atoms with Gasteiger partial charge in [-0.3, -0.25) is 4.90 Å². The molecule has 0 aromatic heterocycles. The fraction of sp³-hybridized carbons (Fsp3) is 0.357. The maximum atomic E-state index is 13.3.